The molecule has 1 aliphatic heterocycles. The lowest BCUT2D eigenvalue weighted by molar-refractivity contribution is -0.274. The molecule has 0 saturated carbocycles. The van der Waals surface area contributed by atoms with E-state index in [1.807, 2.05) is 50.2 Å². The van der Waals surface area contributed by atoms with Gasteiger partial charge in [0.2, 0.25) is 5.91 Å². The van der Waals surface area contributed by atoms with Crippen LogP contribution < -0.4 is 19.7 Å². The molecule has 0 atom stereocenters. The molecule has 2 heterocycles. The zero-order valence-corrected chi connectivity index (χ0v) is 26.8. The third-order valence-corrected chi connectivity index (χ3v) is 8.17. The highest BCUT2D eigenvalue weighted by Crippen LogP contribution is 2.36. The topological polar surface area (TPSA) is 111 Å². The van der Waals surface area contributed by atoms with E-state index in [1.54, 1.807) is 13.2 Å². The van der Waals surface area contributed by atoms with E-state index >= 15 is 0 Å². The molecule has 0 unspecified atom stereocenters. The molecule has 0 radical (unpaired) electrons. The van der Waals surface area contributed by atoms with Crippen LogP contribution in [0.5, 0.6) is 11.5 Å². The number of ether oxygens (including phenoxy) is 2. The van der Waals surface area contributed by atoms with Gasteiger partial charge in [0.25, 0.3) is 0 Å². The number of aryl methyl sites for hydroxylation is 1. The normalized spacial score (nSPS) is 14.2. The molecule has 1 fully saturated rings. The number of carbonyl (C=O) groups excluding carboxylic acids is 2. The van der Waals surface area contributed by atoms with Crippen molar-refractivity contribution in [2.75, 3.05) is 24.3 Å². The Hall–Kier alpha value is -4.85. The van der Waals surface area contributed by atoms with Crippen LogP contribution in [0.2, 0.25) is 0 Å². The Kier molecular flexibility index (Phi) is 10.5. The number of methoxy groups -OCH3 is 1. The van der Waals surface area contributed by atoms with Gasteiger partial charge in [-0.2, -0.15) is 4.99 Å². The lowest BCUT2D eigenvalue weighted by Gasteiger charge is -2.22. The van der Waals surface area contributed by atoms with Crippen molar-refractivity contribution in [1.29, 1.82) is 0 Å². The van der Waals surface area contributed by atoms with E-state index in [1.165, 1.54) is 51.9 Å². The Morgan fingerprint density at radius 1 is 1.06 bits per heavy atom. The second-order valence-electron chi connectivity index (χ2n) is 10.9. The van der Waals surface area contributed by atoms with Crippen LogP contribution in [-0.4, -0.2) is 57.6 Å². The molecular formula is C33H33F3N6O4S. The van der Waals surface area contributed by atoms with Crippen molar-refractivity contribution in [3.05, 3.63) is 84.2 Å². The monoisotopic (exact) mass is 666 g/mol. The van der Waals surface area contributed by atoms with E-state index in [0.29, 0.717) is 41.1 Å². The zero-order chi connectivity index (χ0) is 33.6. The molecule has 1 saturated heterocycles. The van der Waals surface area contributed by atoms with Crippen LogP contribution in [0, 0.1) is 0 Å². The molecule has 14 heteroatoms. The first-order valence-electron chi connectivity index (χ1n) is 14.9. The van der Waals surface area contributed by atoms with Crippen LogP contribution in [0.15, 0.2) is 78.0 Å². The summed E-state index contributed by atoms with van der Waals surface area (Å²) in [7, 11) is 1.56. The van der Waals surface area contributed by atoms with Crippen molar-refractivity contribution in [2.45, 2.75) is 45.4 Å². The SMILES string of the molecule is COc1ccc(C(C)C)c(N2C(=O)CS/C2=N\C(=O)NCCCCc2cccc(-c3ncn(-c4ccc(OC(F)(F)F)cc4)n3)c2)c1. The van der Waals surface area contributed by atoms with E-state index in [9.17, 15) is 22.8 Å². The average molecular weight is 667 g/mol. The van der Waals surface area contributed by atoms with Gasteiger partial charge in [-0.1, -0.05) is 49.9 Å². The average Bonchev–Trinajstić information content (AvgIpc) is 3.67. The summed E-state index contributed by atoms with van der Waals surface area (Å²) in [5.74, 6) is 0.970. The maximum Gasteiger partial charge on any atom is 0.573 e. The van der Waals surface area contributed by atoms with E-state index in [0.717, 1.165) is 29.5 Å². The number of rotatable bonds is 11. The van der Waals surface area contributed by atoms with Crippen LogP contribution in [0.3, 0.4) is 0 Å². The number of halogens is 3. The number of nitrogens with one attached hydrogen (secondary N) is 1. The summed E-state index contributed by atoms with van der Waals surface area (Å²) in [5, 5.41) is 7.63. The molecule has 1 aliphatic rings. The number of amidine groups is 1. The number of amides is 3. The van der Waals surface area contributed by atoms with Gasteiger partial charge >= 0.3 is 12.4 Å². The summed E-state index contributed by atoms with van der Waals surface area (Å²) < 4.78 is 48.1. The van der Waals surface area contributed by atoms with Gasteiger partial charge in [0.1, 0.15) is 17.8 Å². The predicted molar refractivity (Wildman–Crippen MR) is 174 cm³/mol. The van der Waals surface area contributed by atoms with Crippen LogP contribution >= 0.6 is 11.8 Å². The van der Waals surface area contributed by atoms with Crippen molar-refractivity contribution in [3.63, 3.8) is 0 Å². The number of carbonyl (C=O) groups is 2. The number of thioether (sulfide) groups is 1. The van der Waals surface area contributed by atoms with Crippen LogP contribution in [0.25, 0.3) is 17.1 Å². The van der Waals surface area contributed by atoms with E-state index < -0.39 is 12.4 Å². The standard InChI is InChI=1S/C33H33F3N6O4S/c1-21(2)27-15-14-26(45-3)18-28(27)42-29(43)19-47-32(42)39-31(44)37-16-5-4-7-22-8-6-9-23(17-22)30-38-20-41(40-30)24-10-12-25(13-11-24)46-33(34,35)36/h6,8-15,17-18,20-21H,4-5,7,16,19H2,1-3H3,(H,37,44)/b39-32-. The summed E-state index contributed by atoms with van der Waals surface area (Å²) in [6, 6.07) is 18.2. The maximum absolute atomic E-state index is 12.8. The van der Waals surface area contributed by atoms with Gasteiger partial charge in [0.15, 0.2) is 11.0 Å². The Labute approximate surface area is 274 Å². The maximum atomic E-state index is 12.8. The largest absolute Gasteiger partial charge is 0.573 e. The van der Waals surface area contributed by atoms with Crippen molar-refractivity contribution >= 4 is 34.6 Å². The van der Waals surface area contributed by atoms with Crippen molar-refractivity contribution in [3.8, 4) is 28.6 Å². The number of urea groups is 1. The molecular weight excluding hydrogens is 633 g/mol. The molecule has 1 N–H and O–H groups in total. The Bertz CT molecular complexity index is 1760. The second kappa shape index (κ2) is 14.7. The van der Waals surface area contributed by atoms with Gasteiger partial charge in [0.05, 0.1) is 24.2 Å². The fourth-order valence-corrected chi connectivity index (χ4v) is 5.83. The number of nitrogens with zero attached hydrogens (tertiary/aromatic N) is 5. The molecule has 246 valence electrons. The highest BCUT2D eigenvalue weighted by molar-refractivity contribution is 8.15. The second-order valence-corrected chi connectivity index (χ2v) is 11.9. The number of anilines is 1. The van der Waals surface area contributed by atoms with Crippen LogP contribution in [-0.2, 0) is 11.2 Å². The van der Waals surface area contributed by atoms with E-state index in [2.05, 4.69) is 25.1 Å². The lowest BCUT2D eigenvalue weighted by atomic mass is 10.00. The minimum atomic E-state index is -4.76. The van der Waals surface area contributed by atoms with Crippen LogP contribution in [0.1, 0.15) is 43.7 Å². The molecule has 47 heavy (non-hydrogen) atoms. The number of benzene rings is 3. The Balaban J connectivity index is 1.13. The molecule has 1 aromatic heterocycles. The molecule has 3 amide bonds. The number of unbranched alkanes of at least 4 members (excludes halogenated alkanes) is 1. The first kappa shape index (κ1) is 33.5. The Morgan fingerprint density at radius 3 is 2.55 bits per heavy atom. The van der Waals surface area contributed by atoms with Gasteiger partial charge in [-0.05, 0) is 72.7 Å². The minimum Gasteiger partial charge on any atom is -0.497 e. The van der Waals surface area contributed by atoms with Gasteiger partial charge in [0, 0.05) is 18.2 Å². The lowest BCUT2D eigenvalue weighted by Crippen LogP contribution is -2.32. The molecule has 0 bridgehead atoms. The quantitative estimate of drug-likeness (QED) is 0.170. The first-order valence-corrected chi connectivity index (χ1v) is 15.9. The summed E-state index contributed by atoms with van der Waals surface area (Å²) >= 11 is 1.23. The van der Waals surface area contributed by atoms with Gasteiger partial charge < -0.3 is 14.8 Å². The molecule has 10 nitrogen and oxygen atoms in total. The minimum absolute atomic E-state index is 0.144. The summed E-state index contributed by atoms with van der Waals surface area (Å²) in [4.78, 5) is 35.6. The Morgan fingerprint density at radius 2 is 1.83 bits per heavy atom. The molecule has 5 rings (SSSR count). The van der Waals surface area contributed by atoms with E-state index in [4.69, 9.17) is 4.74 Å². The molecule has 0 aliphatic carbocycles. The fraction of sp³-hybridized carbons (Fsp3) is 0.303. The molecule has 4 aromatic rings. The van der Waals surface area contributed by atoms with Crippen LogP contribution in [0.4, 0.5) is 23.7 Å². The molecule has 3 aromatic carbocycles. The zero-order valence-electron chi connectivity index (χ0n) is 26.0. The summed E-state index contributed by atoms with van der Waals surface area (Å²) in [6.07, 6.45) is -0.995. The number of hydrogen-bond donors (Lipinski definition) is 1. The van der Waals surface area contributed by atoms with Gasteiger partial charge in [-0.25, -0.2) is 14.5 Å². The number of alkyl halides is 3. The number of hydrogen-bond acceptors (Lipinski definition) is 7. The third-order valence-electron chi connectivity index (χ3n) is 7.24. The van der Waals surface area contributed by atoms with Crippen molar-refractivity contribution in [1.82, 2.24) is 20.1 Å². The smallest absolute Gasteiger partial charge is 0.497 e. The molecule has 0 spiro atoms. The van der Waals surface area contributed by atoms with Gasteiger partial charge in [-0.3, -0.25) is 9.69 Å². The number of aromatic nitrogens is 3. The summed E-state index contributed by atoms with van der Waals surface area (Å²) in [6.45, 7) is 4.49. The van der Waals surface area contributed by atoms with Crippen molar-refractivity contribution in [2.24, 2.45) is 4.99 Å². The summed E-state index contributed by atoms with van der Waals surface area (Å²) in [5.41, 5.74) is 4.02. The fourth-order valence-electron chi connectivity index (χ4n) is 4.98. The highest BCUT2D eigenvalue weighted by atomic mass is 32.2. The van der Waals surface area contributed by atoms with E-state index in [-0.39, 0.29) is 23.3 Å². The first-order chi connectivity index (χ1) is 22.5. The van der Waals surface area contributed by atoms with Gasteiger partial charge in [-0.15, -0.1) is 18.3 Å². The highest BCUT2D eigenvalue weighted by Gasteiger charge is 2.33. The number of aliphatic imine (C=N–C) groups is 1. The third kappa shape index (κ3) is 8.70. The predicted octanol–water partition coefficient (Wildman–Crippen LogP) is 7.13. The van der Waals surface area contributed by atoms with Crippen molar-refractivity contribution < 1.29 is 32.2 Å².